The van der Waals surface area contributed by atoms with Crippen molar-refractivity contribution < 1.29 is 4.79 Å². The molecule has 2 nitrogen and oxygen atoms in total. The van der Waals surface area contributed by atoms with E-state index in [1.54, 1.807) is 16.7 Å². The van der Waals surface area contributed by atoms with Gasteiger partial charge >= 0.3 is 0 Å². The normalized spacial score (nSPS) is 21.1. The highest BCUT2D eigenvalue weighted by Gasteiger charge is 2.46. The highest BCUT2D eigenvalue weighted by molar-refractivity contribution is 8.01. The van der Waals surface area contributed by atoms with Gasteiger partial charge in [0, 0.05) is 28.2 Å². The Hall–Kier alpha value is -1.45. The number of rotatable bonds is 2. The van der Waals surface area contributed by atoms with Crippen molar-refractivity contribution in [3.05, 3.63) is 59.1 Å². The Kier molecular flexibility index (Phi) is 3.27. The summed E-state index contributed by atoms with van der Waals surface area (Å²) in [5, 5.41) is 0.703. The van der Waals surface area contributed by atoms with E-state index in [1.807, 2.05) is 62.5 Å². The van der Waals surface area contributed by atoms with Crippen LogP contribution < -0.4 is 4.90 Å². The van der Waals surface area contributed by atoms with Crippen LogP contribution in [0.2, 0.25) is 5.02 Å². The van der Waals surface area contributed by atoms with Crippen LogP contribution in [0.5, 0.6) is 0 Å². The second-order valence-corrected chi connectivity index (χ2v) is 6.90. The van der Waals surface area contributed by atoms with Gasteiger partial charge < -0.3 is 4.90 Å². The summed E-state index contributed by atoms with van der Waals surface area (Å²) >= 11 is 7.48. The van der Waals surface area contributed by atoms with Crippen molar-refractivity contribution in [3.8, 4) is 0 Å². The van der Waals surface area contributed by atoms with Crippen LogP contribution in [-0.4, -0.2) is 13.0 Å². The smallest absolute Gasteiger partial charge is 0.247 e. The summed E-state index contributed by atoms with van der Waals surface area (Å²) in [5.74, 6) is 0.110. The Balaban J connectivity index is 2.03. The van der Waals surface area contributed by atoms with Gasteiger partial charge in [0.15, 0.2) is 0 Å². The van der Waals surface area contributed by atoms with E-state index in [-0.39, 0.29) is 5.91 Å². The molecule has 0 spiro atoms. The van der Waals surface area contributed by atoms with Crippen molar-refractivity contribution in [2.75, 3.05) is 11.9 Å². The van der Waals surface area contributed by atoms with E-state index in [0.717, 1.165) is 16.1 Å². The van der Waals surface area contributed by atoms with Crippen molar-refractivity contribution in [2.24, 2.45) is 0 Å². The fourth-order valence-electron chi connectivity index (χ4n) is 2.55. The largest absolute Gasteiger partial charge is 0.314 e. The summed E-state index contributed by atoms with van der Waals surface area (Å²) < 4.78 is -0.584. The van der Waals surface area contributed by atoms with Gasteiger partial charge in [0.25, 0.3) is 0 Å². The predicted molar refractivity (Wildman–Crippen MR) is 84.5 cm³/mol. The van der Waals surface area contributed by atoms with E-state index in [0.29, 0.717) is 5.02 Å². The zero-order valence-electron chi connectivity index (χ0n) is 11.3. The lowest BCUT2D eigenvalue weighted by Crippen LogP contribution is -2.33. The minimum atomic E-state index is -0.584. The second kappa shape index (κ2) is 4.83. The quantitative estimate of drug-likeness (QED) is 0.823. The van der Waals surface area contributed by atoms with Gasteiger partial charge in [0.2, 0.25) is 5.91 Å². The first-order valence-corrected chi connectivity index (χ1v) is 7.54. The fourth-order valence-corrected chi connectivity index (χ4v) is 3.93. The molecule has 1 unspecified atom stereocenters. The third-order valence-corrected chi connectivity index (χ3v) is 5.19. The number of likely N-dealkylation sites (N-methyl/N-ethyl adjacent to an activating group) is 1. The molecular formula is C16H14ClNOS. The first kappa shape index (κ1) is 13.5. The number of halogens is 1. The first-order valence-electron chi connectivity index (χ1n) is 6.34. The summed E-state index contributed by atoms with van der Waals surface area (Å²) in [4.78, 5) is 15.4. The van der Waals surface area contributed by atoms with Gasteiger partial charge in [-0.3, -0.25) is 4.79 Å². The van der Waals surface area contributed by atoms with E-state index < -0.39 is 4.75 Å². The summed E-state index contributed by atoms with van der Waals surface area (Å²) in [5.41, 5.74) is 2.05. The number of hydrogen-bond acceptors (Lipinski definition) is 2. The molecule has 1 aliphatic rings. The number of carbonyl (C=O) groups is 1. The van der Waals surface area contributed by atoms with Crippen molar-refractivity contribution in [3.63, 3.8) is 0 Å². The van der Waals surface area contributed by atoms with Gasteiger partial charge in [-0.05, 0) is 37.3 Å². The summed E-state index contributed by atoms with van der Waals surface area (Å²) in [6.45, 7) is 1.98. The molecule has 4 heteroatoms. The molecule has 0 aliphatic carbocycles. The zero-order chi connectivity index (χ0) is 14.3. The Morgan fingerprint density at radius 2 is 1.75 bits per heavy atom. The molecule has 0 radical (unpaired) electrons. The van der Waals surface area contributed by atoms with Crippen LogP contribution in [-0.2, 0) is 9.54 Å². The molecule has 2 aromatic rings. The Labute approximate surface area is 127 Å². The number of amides is 1. The maximum absolute atomic E-state index is 12.6. The molecule has 20 heavy (non-hydrogen) atoms. The van der Waals surface area contributed by atoms with Crippen molar-refractivity contribution in [2.45, 2.75) is 16.6 Å². The van der Waals surface area contributed by atoms with Gasteiger partial charge in [-0.1, -0.05) is 29.8 Å². The lowest BCUT2D eigenvalue weighted by atomic mass is 10.0. The maximum Gasteiger partial charge on any atom is 0.247 e. The van der Waals surface area contributed by atoms with E-state index in [2.05, 4.69) is 0 Å². The molecule has 3 rings (SSSR count). The Morgan fingerprint density at radius 3 is 2.45 bits per heavy atom. The zero-order valence-corrected chi connectivity index (χ0v) is 12.8. The monoisotopic (exact) mass is 303 g/mol. The third kappa shape index (κ3) is 2.02. The third-order valence-electron chi connectivity index (χ3n) is 3.63. The Morgan fingerprint density at radius 1 is 1.10 bits per heavy atom. The van der Waals surface area contributed by atoms with Gasteiger partial charge in [-0.2, -0.15) is 0 Å². The highest BCUT2D eigenvalue weighted by Crippen LogP contribution is 2.50. The minimum Gasteiger partial charge on any atom is -0.314 e. The topological polar surface area (TPSA) is 20.3 Å². The van der Waals surface area contributed by atoms with Gasteiger partial charge in [-0.25, -0.2) is 0 Å². The molecule has 1 heterocycles. The van der Waals surface area contributed by atoms with Crippen molar-refractivity contribution in [1.29, 1.82) is 0 Å². The van der Waals surface area contributed by atoms with Crippen LogP contribution in [0.3, 0.4) is 0 Å². The van der Waals surface area contributed by atoms with Gasteiger partial charge in [0.1, 0.15) is 4.75 Å². The molecule has 1 amide bonds. The highest BCUT2D eigenvalue weighted by atomic mass is 35.5. The number of nitrogens with zero attached hydrogens (tertiary/aromatic N) is 1. The summed E-state index contributed by atoms with van der Waals surface area (Å²) in [6.07, 6.45) is 0. The molecule has 0 saturated carbocycles. The average Bonchev–Trinajstić information content (AvgIpc) is 2.65. The Bertz CT molecular complexity index is 670. The predicted octanol–water partition coefficient (Wildman–Crippen LogP) is 4.32. The molecule has 0 fully saturated rings. The van der Waals surface area contributed by atoms with Crippen LogP contribution in [0, 0.1) is 0 Å². The summed E-state index contributed by atoms with van der Waals surface area (Å²) in [6, 6.07) is 15.6. The summed E-state index contributed by atoms with van der Waals surface area (Å²) in [7, 11) is 1.83. The van der Waals surface area contributed by atoms with Crippen LogP contribution in [0.25, 0.3) is 0 Å². The molecule has 1 aliphatic heterocycles. The van der Waals surface area contributed by atoms with Gasteiger partial charge in [0.05, 0.1) is 0 Å². The molecule has 0 saturated heterocycles. The minimum absolute atomic E-state index is 0.110. The molecule has 2 aromatic carbocycles. The number of para-hydroxylation sites is 1. The lowest BCUT2D eigenvalue weighted by Gasteiger charge is -2.22. The SMILES string of the molecule is CN1C(=O)C(C)(Sc2ccc(Cl)cc2)c2ccccc21. The number of anilines is 1. The van der Waals surface area contributed by atoms with E-state index >= 15 is 0 Å². The van der Waals surface area contributed by atoms with E-state index in [1.165, 1.54) is 0 Å². The lowest BCUT2D eigenvalue weighted by molar-refractivity contribution is -0.119. The number of thioether (sulfide) groups is 1. The van der Waals surface area contributed by atoms with E-state index in [9.17, 15) is 4.79 Å². The molecule has 1 atom stereocenters. The second-order valence-electron chi connectivity index (χ2n) is 4.97. The molecule has 0 aromatic heterocycles. The van der Waals surface area contributed by atoms with Crippen LogP contribution in [0.4, 0.5) is 5.69 Å². The number of carbonyl (C=O) groups excluding carboxylic acids is 1. The van der Waals surface area contributed by atoms with E-state index in [4.69, 9.17) is 11.6 Å². The van der Waals surface area contributed by atoms with Crippen molar-refractivity contribution >= 4 is 35.0 Å². The first-order chi connectivity index (χ1) is 9.52. The standard InChI is InChI=1S/C16H14ClNOS/c1-16(20-12-9-7-11(17)8-10-12)13-5-3-4-6-14(13)18(2)15(16)19/h3-10H,1-2H3. The van der Waals surface area contributed by atoms with Crippen LogP contribution >= 0.6 is 23.4 Å². The van der Waals surface area contributed by atoms with Gasteiger partial charge in [-0.15, -0.1) is 11.8 Å². The van der Waals surface area contributed by atoms with Crippen LogP contribution in [0.15, 0.2) is 53.4 Å². The fraction of sp³-hybridized carbons (Fsp3) is 0.188. The number of fused-ring (bicyclic) bond motifs is 1. The average molecular weight is 304 g/mol. The molecule has 102 valence electrons. The number of hydrogen-bond donors (Lipinski definition) is 0. The number of benzene rings is 2. The molecule has 0 bridgehead atoms. The van der Waals surface area contributed by atoms with Crippen LogP contribution in [0.1, 0.15) is 12.5 Å². The molecular weight excluding hydrogens is 290 g/mol. The maximum atomic E-state index is 12.6. The van der Waals surface area contributed by atoms with Crippen molar-refractivity contribution in [1.82, 2.24) is 0 Å². The molecule has 0 N–H and O–H groups in total.